The number of nitrogens with one attached hydrogen (secondary N) is 2. The van der Waals surface area contributed by atoms with Crippen molar-refractivity contribution >= 4 is 12.0 Å². The highest BCUT2D eigenvalue weighted by Crippen LogP contribution is 2.05. The topological polar surface area (TPSA) is 96.3 Å². The lowest BCUT2D eigenvalue weighted by Gasteiger charge is -2.14. The van der Waals surface area contributed by atoms with Crippen molar-refractivity contribution in [2.24, 2.45) is 7.05 Å². The van der Waals surface area contributed by atoms with Crippen LogP contribution in [-0.4, -0.2) is 32.9 Å². The fourth-order valence-corrected chi connectivity index (χ4v) is 1.77. The highest BCUT2D eigenvalue weighted by molar-refractivity contribution is 5.82. The van der Waals surface area contributed by atoms with E-state index in [1.165, 1.54) is 0 Å². The van der Waals surface area contributed by atoms with E-state index in [0.29, 0.717) is 13.0 Å². The number of amides is 2. The summed E-state index contributed by atoms with van der Waals surface area (Å²) in [6.07, 6.45) is 3.77. The summed E-state index contributed by atoms with van der Waals surface area (Å²) in [5.74, 6) is -1.01. The van der Waals surface area contributed by atoms with Crippen LogP contribution in [0, 0.1) is 6.92 Å². The van der Waals surface area contributed by atoms with E-state index in [9.17, 15) is 9.59 Å². The summed E-state index contributed by atoms with van der Waals surface area (Å²) in [5.41, 5.74) is 1.87. The van der Waals surface area contributed by atoms with E-state index in [1.54, 1.807) is 10.9 Å². The Labute approximate surface area is 118 Å². The summed E-state index contributed by atoms with van der Waals surface area (Å²) < 4.78 is 1.72. The van der Waals surface area contributed by atoms with E-state index in [2.05, 4.69) is 15.7 Å². The van der Waals surface area contributed by atoms with Crippen LogP contribution in [-0.2, 0) is 18.4 Å². The first-order chi connectivity index (χ1) is 9.45. The van der Waals surface area contributed by atoms with Crippen molar-refractivity contribution in [2.75, 3.05) is 0 Å². The predicted molar refractivity (Wildman–Crippen MR) is 74.3 cm³/mol. The van der Waals surface area contributed by atoms with Crippen LogP contribution in [0.5, 0.6) is 0 Å². The minimum Gasteiger partial charge on any atom is -0.480 e. The van der Waals surface area contributed by atoms with Gasteiger partial charge in [0.1, 0.15) is 6.04 Å². The second kappa shape index (κ2) is 7.52. The molecule has 0 aliphatic rings. The second-order valence-corrected chi connectivity index (χ2v) is 4.74. The average molecular weight is 282 g/mol. The summed E-state index contributed by atoms with van der Waals surface area (Å²) >= 11 is 0. The third-order valence-corrected chi connectivity index (χ3v) is 3.23. The van der Waals surface area contributed by atoms with E-state index in [4.69, 9.17) is 5.11 Å². The number of unbranched alkanes of at least 4 members (excludes halogenated alkanes) is 1. The molecule has 1 aromatic heterocycles. The summed E-state index contributed by atoms with van der Waals surface area (Å²) in [6, 6.07) is -1.32. The molecule has 1 atom stereocenters. The molecule has 7 nitrogen and oxygen atoms in total. The van der Waals surface area contributed by atoms with Gasteiger partial charge >= 0.3 is 12.0 Å². The van der Waals surface area contributed by atoms with Gasteiger partial charge in [0.15, 0.2) is 0 Å². The molecule has 1 rings (SSSR count). The molecule has 0 aliphatic carbocycles. The molecule has 0 spiro atoms. The molecular weight excluding hydrogens is 260 g/mol. The summed E-state index contributed by atoms with van der Waals surface area (Å²) in [5, 5.41) is 18.2. The maximum absolute atomic E-state index is 11.7. The Balaban J connectivity index is 2.45. The molecule has 7 heteroatoms. The molecule has 20 heavy (non-hydrogen) atoms. The standard InChI is InChI=1S/C13H22N4O3/c1-4-5-6-11(12(18)19)16-13(20)14-7-10-8-15-17(3)9(10)2/h8,11H,4-7H2,1-3H3,(H,18,19)(H2,14,16,20). The lowest BCUT2D eigenvalue weighted by Crippen LogP contribution is -2.45. The van der Waals surface area contributed by atoms with Crippen LogP contribution < -0.4 is 10.6 Å². The fourth-order valence-electron chi connectivity index (χ4n) is 1.77. The zero-order valence-electron chi connectivity index (χ0n) is 12.1. The van der Waals surface area contributed by atoms with Crippen molar-refractivity contribution in [3.05, 3.63) is 17.5 Å². The number of carboxylic acid groups (broad SMARTS) is 1. The lowest BCUT2D eigenvalue weighted by atomic mass is 10.1. The third-order valence-electron chi connectivity index (χ3n) is 3.23. The largest absolute Gasteiger partial charge is 0.480 e. The Hall–Kier alpha value is -2.05. The van der Waals surface area contributed by atoms with Crippen molar-refractivity contribution in [1.29, 1.82) is 0 Å². The van der Waals surface area contributed by atoms with Gasteiger partial charge in [-0.15, -0.1) is 0 Å². The predicted octanol–water partition coefficient (Wildman–Crippen LogP) is 1.17. The normalized spacial score (nSPS) is 11.9. The average Bonchev–Trinajstić information content (AvgIpc) is 2.72. The molecule has 0 fully saturated rings. The molecule has 2 amide bonds. The van der Waals surface area contributed by atoms with Crippen molar-refractivity contribution in [3.63, 3.8) is 0 Å². The van der Waals surface area contributed by atoms with Gasteiger partial charge in [0.05, 0.1) is 6.20 Å². The molecule has 1 aromatic rings. The molecular formula is C13H22N4O3. The van der Waals surface area contributed by atoms with Crippen LogP contribution >= 0.6 is 0 Å². The van der Waals surface area contributed by atoms with Crippen LogP contribution in [0.4, 0.5) is 4.79 Å². The van der Waals surface area contributed by atoms with Crippen LogP contribution in [0.2, 0.25) is 0 Å². The fraction of sp³-hybridized carbons (Fsp3) is 0.615. The lowest BCUT2D eigenvalue weighted by molar-refractivity contribution is -0.139. The molecule has 1 unspecified atom stereocenters. The molecule has 112 valence electrons. The number of carbonyl (C=O) groups is 2. The molecule has 1 heterocycles. The van der Waals surface area contributed by atoms with Crippen LogP contribution in [0.1, 0.15) is 37.4 Å². The molecule has 0 saturated carbocycles. The maximum Gasteiger partial charge on any atom is 0.326 e. The van der Waals surface area contributed by atoms with Crippen molar-refractivity contribution in [2.45, 2.75) is 45.7 Å². The smallest absolute Gasteiger partial charge is 0.326 e. The van der Waals surface area contributed by atoms with Crippen LogP contribution in [0.25, 0.3) is 0 Å². The zero-order valence-corrected chi connectivity index (χ0v) is 12.1. The zero-order chi connectivity index (χ0) is 15.1. The Morgan fingerprint density at radius 1 is 1.50 bits per heavy atom. The SMILES string of the molecule is CCCCC(NC(=O)NCc1cnn(C)c1C)C(=O)O. The molecule has 0 saturated heterocycles. The van der Waals surface area contributed by atoms with Gasteiger partial charge < -0.3 is 15.7 Å². The minimum atomic E-state index is -1.01. The van der Waals surface area contributed by atoms with Gasteiger partial charge in [0.2, 0.25) is 0 Å². The van der Waals surface area contributed by atoms with Crippen molar-refractivity contribution < 1.29 is 14.7 Å². The van der Waals surface area contributed by atoms with Gasteiger partial charge in [-0.05, 0) is 13.3 Å². The monoisotopic (exact) mass is 282 g/mol. The number of rotatable bonds is 7. The number of nitrogens with zero attached hydrogens (tertiary/aromatic N) is 2. The van der Waals surface area contributed by atoms with Gasteiger partial charge in [-0.25, -0.2) is 9.59 Å². The number of hydrogen-bond acceptors (Lipinski definition) is 3. The number of aliphatic carboxylic acids is 1. The van der Waals surface area contributed by atoms with E-state index < -0.39 is 18.0 Å². The van der Waals surface area contributed by atoms with E-state index in [1.807, 2.05) is 20.9 Å². The third kappa shape index (κ3) is 4.56. The number of aryl methyl sites for hydroxylation is 1. The Kier molecular flexibility index (Phi) is 6.02. The second-order valence-electron chi connectivity index (χ2n) is 4.74. The molecule has 0 aliphatic heterocycles. The summed E-state index contributed by atoms with van der Waals surface area (Å²) in [7, 11) is 1.82. The van der Waals surface area contributed by atoms with E-state index >= 15 is 0 Å². The van der Waals surface area contributed by atoms with Gasteiger partial charge in [0.25, 0.3) is 0 Å². The number of hydrogen-bond donors (Lipinski definition) is 3. The number of urea groups is 1. The van der Waals surface area contributed by atoms with Crippen LogP contribution in [0.3, 0.4) is 0 Å². The minimum absolute atomic E-state index is 0.325. The number of carboxylic acids is 1. The molecule has 3 N–H and O–H groups in total. The highest BCUT2D eigenvalue weighted by atomic mass is 16.4. The molecule has 0 radical (unpaired) electrons. The van der Waals surface area contributed by atoms with Gasteiger partial charge in [-0.2, -0.15) is 5.10 Å². The molecule has 0 aromatic carbocycles. The summed E-state index contributed by atoms with van der Waals surface area (Å²) in [4.78, 5) is 22.7. The first-order valence-corrected chi connectivity index (χ1v) is 6.70. The van der Waals surface area contributed by atoms with Crippen molar-refractivity contribution in [3.8, 4) is 0 Å². The Morgan fingerprint density at radius 3 is 2.70 bits per heavy atom. The van der Waals surface area contributed by atoms with E-state index in [-0.39, 0.29) is 0 Å². The highest BCUT2D eigenvalue weighted by Gasteiger charge is 2.19. The number of aromatic nitrogens is 2. The van der Waals surface area contributed by atoms with E-state index in [0.717, 1.165) is 24.1 Å². The quantitative estimate of drug-likeness (QED) is 0.699. The number of carbonyl (C=O) groups excluding carboxylic acids is 1. The Bertz CT molecular complexity index is 470. The van der Waals surface area contributed by atoms with Crippen LogP contribution in [0.15, 0.2) is 6.20 Å². The van der Waals surface area contributed by atoms with Gasteiger partial charge in [-0.1, -0.05) is 19.8 Å². The first-order valence-electron chi connectivity index (χ1n) is 6.70. The maximum atomic E-state index is 11.7. The first kappa shape index (κ1) is 16.0. The van der Waals surface area contributed by atoms with Gasteiger partial charge in [0, 0.05) is 24.8 Å². The molecule has 0 bridgehead atoms. The Morgan fingerprint density at radius 2 is 2.20 bits per heavy atom. The van der Waals surface area contributed by atoms with Crippen molar-refractivity contribution in [1.82, 2.24) is 20.4 Å². The van der Waals surface area contributed by atoms with Gasteiger partial charge in [-0.3, -0.25) is 4.68 Å². The summed E-state index contributed by atoms with van der Waals surface area (Å²) in [6.45, 7) is 4.21.